The zero-order chi connectivity index (χ0) is 14.8. The van der Waals surface area contributed by atoms with Crippen LogP contribution < -0.4 is 5.32 Å². The molecule has 3 aromatic rings. The van der Waals surface area contributed by atoms with Gasteiger partial charge in [0, 0.05) is 26.0 Å². The molecule has 0 atom stereocenters. The molecular weight excluding hydrogens is 271 g/mol. The van der Waals surface area contributed by atoms with Crippen molar-refractivity contribution in [3.8, 4) is 5.88 Å². The first kappa shape index (κ1) is 13.4. The van der Waals surface area contributed by atoms with Crippen molar-refractivity contribution in [2.24, 2.45) is 0 Å². The van der Waals surface area contributed by atoms with E-state index in [9.17, 15) is 9.50 Å². The Balaban J connectivity index is 1.83. The molecule has 0 aliphatic carbocycles. The fourth-order valence-electron chi connectivity index (χ4n) is 2.22. The summed E-state index contributed by atoms with van der Waals surface area (Å²) >= 11 is 0. The number of fused-ring (bicyclic) bond motifs is 1. The van der Waals surface area contributed by atoms with Crippen molar-refractivity contribution in [2.75, 3.05) is 12.4 Å². The highest BCUT2D eigenvalue weighted by Crippen LogP contribution is 2.26. The molecule has 0 saturated heterocycles. The third kappa shape index (κ3) is 2.65. The Morgan fingerprint density at radius 2 is 2.05 bits per heavy atom. The summed E-state index contributed by atoms with van der Waals surface area (Å²) in [7, 11) is 1.74. The molecule has 108 valence electrons. The summed E-state index contributed by atoms with van der Waals surface area (Å²) in [5, 5.41) is 13.7. The zero-order valence-corrected chi connectivity index (χ0v) is 11.5. The number of benzene rings is 1. The third-order valence-corrected chi connectivity index (χ3v) is 3.39. The van der Waals surface area contributed by atoms with Gasteiger partial charge in [0.05, 0.1) is 10.9 Å². The number of aromatic nitrogens is 3. The van der Waals surface area contributed by atoms with Crippen molar-refractivity contribution in [1.29, 1.82) is 0 Å². The molecule has 5 nitrogen and oxygen atoms in total. The highest BCUT2D eigenvalue weighted by molar-refractivity contribution is 5.84. The molecule has 0 aliphatic heterocycles. The van der Waals surface area contributed by atoms with Gasteiger partial charge < -0.3 is 15.0 Å². The van der Waals surface area contributed by atoms with Gasteiger partial charge in [-0.2, -0.15) is 0 Å². The number of aryl methyl sites for hydroxylation is 2. The second-order valence-corrected chi connectivity index (χ2v) is 4.77. The molecule has 0 bridgehead atoms. The summed E-state index contributed by atoms with van der Waals surface area (Å²) in [6, 6.07) is 6.36. The third-order valence-electron chi connectivity index (χ3n) is 3.39. The van der Waals surface area contributed by atoms with Crippen LogP contribution in [0.15, 0.2) is 36.7 Å². The van der Waals surface area contributed by atoms with Gasteiger partial charge in [-0.1, -0.05) is 12.1 Å². The quantitative estimate of drug-likeness (QED) is 0.773. The van der Waals surface area contributed by atoms with Crippen molar-refractivity contribution in [3.63, 3.8) is 0 Å². The van der Waals surface area contributed by atoms with E-state index in [2.05, 4.69) is 15.3 Å². The Morgan fingerprint density at radius 1 is 1.29 bits per heavy atom. The van der Waals surface area contributed by atoms with Gasteiger partial charge in [0.2, 0.25) is 11.8 Å². The van der Waals surface area contributed by atoms with E-state index >= 15 is 0 Å². The van der Waals surface area contributed by atoms with Crippen molar-refractivity contribution >= 4 is 16.9 Å². The number of anilines is 1. The van der Waals surface area contributed by atoms with E-state index in [0.29, 0.717) is 29.8 Å². The minimum absolute atomic E-state index is 0.148. The predicted molar refractivity (Wildman–Crippen MR) is 78.8 cm³/mol. The molecule has 2 N–H and O–H groups in total. The van der Waals surface area contributed by atoms with Crippen LogP contribution in [-0.4, -0.2) is 26.7 Å². The Labute approximate surface area is 121 Å². The largest absolute Gasteiger partial charge is 0.494 e. The lowest BCUT2D eigenvalue weighted by atomic mass is 10.1. The van der Waals surface area contributed by atoms with Gasteiger partial charge in [-0.05, 0) is 24.1 Å². The molecule has 6 heteroatoms. The molecule has 2 aromatic heterocycles. The van der Waals surface area contributed by atoms with Crippen LogP contribution in [0.5, 0.6) is 5.88 Å². The van der Waals surface area contributed by atoms with E-state index in [4.69, 9.17) is 0 Å². The number of rotatable bonds is 4. The van der Waals surface area contributed by atoms with Gasteiger partial charge >= 0.3 is 0 Å². The van der Waals surface area contributed by atoms with Crippen molar-refractivity contribution in [1.82, 2.24) is 14.5 Å². The Kier molecular flexibility index (Phi) is 3.43. The average molecular weight is 286 g/mol. The number of nitrogens with zero attached hydrogens (tertiary/aromatic N) is 3. The summed E-state index contributed by atoms with van der Waals surface area (Å²) in [4.78, 5) is 8.38. The molecule has 0 spiro atoms. The van der Waals surface area contributed by atoms with Crippen LogP contribution in [0.4, 0.5) is 10.3 Å². The second-order valence-electron chi connectivity index (χ2n) is 4.77. The summed E-state index contributed by atoms with van der Waals surface area (Å²) in [5.74, 6) is 0.413. The van der Waals surface area contributed by atoms with Crippen molar-refractivity contribution in [3.05, 3.63) is 48.0 Å². The van der Waals surface area contributed by atoms with Crippen LogP contribution in [0.25, 0.3) is 10.9 Å². The monoisotopic (exact) mass is 286 g/mol. The molecular formula is C15H15FN4O. The van der Waals surface area contributed by atoms with E-state index in [1.165, 1.54) is 12.1 Å². The van der Waals surface area contributed by atoms with E-state index in [1.807, 2.05) is 0 Å². The highest BCUT2D eigenvalue weighted by Gasteiger charge is 2.10. The standard InChI is InChI=1S/C15H15FN4O/c1-17-15-18-8-12-13(19-15)9-20(14(12)21)7-6-10-2-4-11(16)5-3-10/h2-5,8-9,21H,6-7H2,1H3,(H,17,19). The molecule has 0 fully saturated rings. The number of nitrogens with one attached hydrogen (secondary N) is 1. The number of aromatic hydroxyl groups is 1. The predicted octanol–water partition coefficient (Wildman–Crippen LogP) is 2.56. The lowest BCUT2D eigenvalue weighted by molar-refractivity contribution is 0.422. The smallest absolute Gasteiger partial charge is 0.223 e. The minimum Gasteiger partial charge on any atom is -0.494 e. The van der Waals surface area contributed by atoms with Crippen LogP contribution in [0.2, 0.25) is 0 Å². The lowest BCUT2D eigenvalue weighted by Gasteiger charge is -2.04. The maximum Gasteiger partial charge on any atom is 0.223 e. The summed E-state index contributed by atoms with van der Waals surface area (Å²) in [6.45, 7) is 0.586. The molecule has 1 aromatic carbocycles. The first-order chi connectivity index (χ1) is 10.2. The molecule has 2 heterocycles. The lowest BCUT2D eigenvalue weighted by Crippen LogP contribution is -1.99. The maximum absolute atomic E-state index is 12.9. The van der Waals surface area contributed by atoms with E-state index < -0.39 is 0 Å². The molecule has 0 amide bonds. The van der Waals surface area contributed by atoms with Crippen molar-refractivity contribution in [2.45, 2.75) is 13.0 Å². The van der Waals surface area contributed by atoms with Crippen LogP contribution >= 0.6 is 0 Å². The normalized spacial score (nSPS) is 11.0. The van der Waals surface area contributed by atoms with Crippen molar-refractivity contribution < 1.29 is 9.50 Å². The Bertz CT molecular complexity index is 767. The molecule has 21 heavy (non-hydrogen) atoms. The van der Waals surface area contributed by atoms with E-state index in [-0.39, 0.29) is 11.7 Å². The number of hydrogen-bond acceptors (Lipinski definition) is 4. The molecule has 0 radical (unpaired) electrons. The topological polar surface area (TPSA) is 63.0 Å². The van der Waals surface area contributed by atoms with Gasteiger partial charge in [-0.3, -0.25) is 0 Å². The van der Waals surface area contributed by atoms with Crippen LogP contribution in [0.1, 0.15) is 5.56 Å². The van der Waals surface area contributed by atoms with Gasteiger partial charge in [0.15, 0.2) is 0 Å². The molecule has 0 unspecified atom stereocenters. The fourth-order valence-corrected chi connectivity index (χ4v) is 2.22. The fraction of sp³-hybridized carbons (Fsp3) is 0.200. The molecule has 0 aliphatic rings. The van der Waals surface area contributed by atoms with Gasteiger partial charge in [0.25, 0.3) is 0 Å². The maximum atomic E-state index is 12.9. The summed E-state index contributed by atoms with van der Waals surface area (Å²) in [6.07, 6.45) is 4.08. The second kappa shape index (κ2) is 5.40. The van der Waals surface area contributed by atoms with Crippen LogP contribution in [0.3, 0.4) is 0 Å². The van der Waals surface area contributed by atoms with E-state index in [1.54, 1.807) is 36.1 Å². The molecule has 3 rings (SSSR count). The minimum atomic E-state index is -0.247. The number of hydrogen-bond donors (Lipinski definition) is 2. The average Bonchev–Trinajstić information content (AvgIpc) is 2.82. The van der Waals surface area contributed by atoms with Gasteiger partial charge in [-0.15, -0.1) is 0 Å². The van der Waals surface area contributed by atoms with Gasteiger partial charge in [0.1, 0.15) is 5.82 Å². The molecule has 0 saturated carbocycles. The van der Waals surface area contributed by atoms with E-state index in [0.717, 1.165) is 5.56 Å². The summed E-state index contributed by atoms with van der Waals surface area (Å²) < 4.78 is 14.6. The van der Waals surface area contributed by atoms with Gasteiger partial charge in [-0.25, -0.2) is 14.4 Å². The number of halogens is 1. The Hall–Kier alpha value is -2.63. The Morgan fingerprint density at radius 3 is 2.76 bits per heavy atom. The summed E-state index contributed by atoms with van der Waals surface area (Å²) in [5.41, 5.74) is 1.70. The zero-order valence-electron chi connectivity index (χ0n) is 11.5. The SMILES string of the molecule is CNc1ncc2c(O)n(CCc3ccc(F)cc3)cc2n1. The first-order valence-corrected chi connectivity index (χ1v) is 6.64. The van der Waals surface area contributed by atoms with Crippen LogP contribution in [0, 0.1) is 5.82 Å². The first-order valence-electron chi connectivity index (χ1n) is 6.64. The highest BCUT2D eigenvalue weighted by atomic mass is 19.1. The van der Waals surface area contributed by atoms with Crippen LogP contribution in [-0.2, 0) is 13.0 Å².